The zero-order valence-corrected chi connectivity index (χ0v) is 13.9. The van der Waals surface area contributed by atoms with Gasteiger partial charge >= 0.3 is 0 Å². The van der Waals surface area contributed by atoms with Crippen LogP contribution in [0, 0.1) is 11.8 Å². The van der Waals surface area contributed by atoms with Crippen LogP contribution >= 0.6 is 31.9 Å². The molecule has 1 aromatic carbocycles. The summed E-state index contributed by atoms with van der Waals surface area (Å²) < 4.78 is 1.16. The summed E-state index contributed by atoms with van der Waals surface area (Å²) in [7, 11) is 0. The van der Waals surface area contributed by atoms with E-state index in [0.29, 0.717) is 0 Å². The third-order valence-electron chi connectivity index (χ3n) is 3.17. The molecular formula is C15H22Br2. The van der Waals surface area contributed by atoms with Crippen molar-refractivity contribution in [3.63, 3.8) is 0 Å². The first-order chi connectivity index (χ1) is 8.15. The fourth-order valence-electron chi connectivity index (χ4n) is 2.33. The molecule has 96 valence electrons. The normalized spacial score (nSPS) is 14.6. The van der Waals surface area contributed by atoms with E-state index < -0.39 is 0 Å². The van der Waals surface area contributed by atoms with Crippen LogP contribution in [0.15, 0.2) is 28.7 Å². The van der Waals surface area contributed by atoms with Crippen molar-refractivity contribution in [1.82, 2.24) is 0 Å². The van der Waals surface area contributed by atoms with E-state index >= 15 is 0 Å². The third-order valence-corrected chi connectivity index (χ3v) is 4.62. The summed E-state index contributed by atoms with van der Waals surface area (Å²) in [5.74, 6) is 1.61. The van der Waals surface area contributed by atoms with Crippen molar-refractivity contribution < 1.29 is 0 Å². The molecule has 0 N–H and O–H groups in total. The molecule has 0 aromatic heterocycles. The number of hydrogen-bond donors (Lipinski definition) is 0. The highest BCUT2D eigenvalue weighted by atomic mass is 79.9. The highest BCUT2D eigenvalue weighted by Crippen LogP contribution is 2.23. The average Bonchev–Trinajstić information content (AvgIpc) is 2.31. The van der Waals surface area contributed by atoms with Gasteiger partial charge in [-0.25, -0.2) is 0 Å². The minimum absolute atomic E-state index is 0.762. The van der Waals surface area contributed by atoms with Crippen LogP contribution in [0.4, 0.5) is 0 Å². The third kappa shape index (κ3) is 6.05. The van der Waals surface area contributed by atoms with Gasteiger partial charge in [-0.05, 0) is 42.4 Å². The molecule has 0 bridgehead atoms. The van der Waals surface area contributed by atoms with E-state index in [1.54, 1.807) is 0 Å². The predicted molar refractivity (Wildman–Crippen MR) is 83.8 cm³/mol. The molecule has 0 aliphatic rings. The molecule has 2 unspecified atom stereocenters. The molecule has 0 nitrogen and oxygen atoms in total. The maximum Gasteiger partial charge on any atom is 0.0175 e. The molecule has 0 saturated carbocycles. The van der Waals surface area contributed by atoms with Crippen LogP contribution in [0.3, 0.4) is 0 Å². The monoisotopic (exact) mass is 360 g/mol. The SMILES string of the molecule is CCCC(C)CC(CBr)Cc1ccc(Br)cc1. The van der Waals surface area contributed by atoms with Gasteiger partial charge in [0.25, 0.3) is 0 Å². The minimum Gasteiger partial charge on any atom is -0.0925 e. The fraction of sp³-hybridized carbons (Fsp3) is 0.600. The summed E-state index contributed by atoms with van der Waals surface area (Å²) in [4.78, 5) is 0. The Morgan fingerprint density at radius 1 is 1.18 bits per heavy atom. The quantitative estimate of drug-likeness (QED) is 0.536. The molecule has 17 heavy (non-hydrogen) atoms. The molecule has 0 spiro atoms. The summed E-state index contributed by atoms with van der Waals surface area (Å²) in [6.45, 7) is 4.65. The number of rotatable bonds is 7. The van der Waals surface area contributed by atoms with E-state index in [1.165, 1.54) is 31.2 Å². The maximum absolute atomic E-state index is 3.66. The van der Waals surface area contributed by atoms with Gasteiger partial charge in [0.2, 0.25) is 0 Å². The molecular weight excluding hydrogens is 340 g/mol. The first kappa shape index (κ1) is 15.2. The Bertz CT molecular complexity index is 305. The summed E-state index contributed by atoms with van der Waals surface area (Å²) >= 11 is 7.14. The minimum atomic E-state index is 0.762. The molecule has 1 rings (SSSR count). The Labute approximate surface area is 122 Å². The van der Waals surface area contributed by atoms with Gasteiger partial charge in [-0.1, -0.05) is 70.7 Å². The van der Waals surface area contributed by atoms with Crippen molar-refractivity contribution in [1.29, 1.82) is 0 Å². The van der Waals surface area contributed by atoms with Crippen LogP contribution in [-0.2, 0) is 6.42 Å². The molecule has 0 aliphatic heterocycles. The Morgan fingerprint density at radius 3 is 2.35 bits per heavy atom. The lowest BCUT2D eigenvalue weighted by Gasteiger charge is -2.18. The summed E-state index contributed by atoms with van der Waals surface area (Å²) in [5.41, 5.74) is 1.45. The number of hydrogen-bond acceptors (Lipinski definition) is 0. The summed E-state index contributed by atoms with van der Waals surface area (Å²) in [6.07, 6.45) is 5.17. The number of halogens is 2. The first-order valence-corrected chi connectivity index (χ1v) is 8.37. The summed E-state index contributed by atoms with van der Waals surface area (Å²) in [5, 5.41) is 1.11. The molecule has 2 heteroatoms. The van der Waals surface area contributed by atoms with Gasteiger partial charge in [-0.2, -0.15) is 0 Å². The Kier molecular flexibility index (Phi) is 7.45. The average molecular weight is 362 g/mol. The number of benzene rings is 1. The van der Waals surface area contributed by atoms with Gasteiger partial charge in [0.15, 0.2) is 0 Å². The molecule has 0 saturated heterocycles. The fourth-order valence-corrected chi connectivity index (χ4v) is 3.09. The number of alkyl halides is 1. The molecule has 1 aromatic rings. The van der Waals surface area contributed by atoms with E-state index in [1.807, 2.05) is 0 Å². The second-order valence-corrected chi connectivity index (χ2v) is 6.54. The molecule has 0 aliphatic carbocycles. The second kappa shape index (κ2) is 8.31. The highest BCUT2D eigenvalue weighted by molar-refractivity contribution is 9.10. The molecule has 0 amide bonds. The Morgan fingerprint density at radius 2 is 1.82 bits per heavy atom. The molecule has 0 fully saturated rings. The Hall–Kier alpha value is 0.180. The van der Waals surface area contributed by atoms with Gasteiger partial charge in [0.1, 0.15) is 0 Å². The van der Waals surface area contributed by atoms with Crippen LogP contribution < -0.4 is 0 Å². The topological polar surface area (TPSA) is 0 Å². The summed E-state index contributed by atoms with van der Waals surface area (Å²) in [6, 6.07) is 8.72. The van der Waals surface area contributed by atoms with Crippen LogP contribution in [0.2, 0.25) is 0 Å². The maximum atomic E-state index is 3.66. The van der Waals surface area contributed by atoms with Gasteiger partial charge in [-0.15, -0.1) is 0 Å². The van der Waals surface area contributed by atoms with E-state index in [2.05, 4.69) is 70.0 Å². The highest BCUT2D eigenvalue weighted by Gasteiger charge is 2.12. The van der Waals surface area contributed by atoms with Gasteiger partial charge < -0.3 is 0 Å². The molecule has 0 radical (unpaired) electrons. The van der Waals surface area contributed by atoms with Crippen molar-refractivity contribution in [2.75, 3.05) is 5.33 Å². The Balaban J connectivity index is 2.48. The first-order valence-electron chi connectivity index (χ1n) is 6.46. The van der Waals surface area contributed by atoms with Crippen molar-refractivity contribution in [3.8, 4) is 0 Å². The van der Waals surface area contributed by atoms with Crippen molar-refractivity contribution in [2.24, 2.45) is 11.8 Å². The second-order valence-electron chi connectivity index (χ2n) is 4.98. The van der Waals surface area contributed by atoms with E-state index in [4.69, 9.17) is 0 Å². The van der Waals surface area contributed by atoms with Crippen molar-refractivity contribution >= 4 is 31.9 Å². The van der Waals surface area contributed by atoms with E-state index in [0.717, 1.165) is 21.6 Å². The van der Waals surface area contributed by atoms with Crippen molar-refractivity contribution in [2.45, 2.75) is 39.5 Å². The lowest BCUT2D eigenvalue weighted by atomic mass is 9.89. The standard InChI is InChI=1S/C15H22Br2/c1-3-4-12(2)9-14(11-16)10-13-5-7-15(17)8-6-13/h5-8,12,14H,3-4,9-11H2,1-2H3. The molecule has 2 atom stereocenters. The van der Waals surface area contributed by atoms with Crippen LogP contribution in [0.5, 0.6) is 0 Å². The lowest BCUT2D eigenvalue weighted by molar-refractivity contribution is 0.396. The smallest absolute Gasteiger partial charge is 0.0175 e. The lowest BCUT2D eigenvalue weighted by Crippen LogP contribution is -2.11. The van der Waals surface area contributed by atoms with Gasteiger partial charge in [0.05, 0.1) is 0 Å². The van der Waals surface area contributed by atoms with Gasteiger partial charge in [-0.3, -0.25) is 0 Å². The zero-order valence-electron chi connectivity index (χ0n) is 10.8. The zero-order chi connectivity index (χ0) is 12.7. The van der Waals surface area contributed by atoms with Gasteiger partial charge in [0, 0.05) is 9.80 Å². The van der Waals surface area contributed by atoms with Crippen LogP contribution in [0.1, 0.15) is 38.7 Å². The van der Waals surface area contributed by atoms with E-state index in [9.17, 15) is 0 Å². The van der Waals surface area contributed by atoms with Crippen LogP contribution in [0.25, 0.3) is 0 Å². The van der Waals surface area contributed by atoms with E-state index in [-0.39, 0.29) is 0 Å². The van der Waals surface area contributed by atoms with Crippen molar-refractivity contribution in [3.05, 3.63) is 34.3 Å². The largest absolute Gasteiger partial charge is 0.0925 e. The predicted octanol–water partition coefficient (Wildman–Crippen LogP) is 5.83. The van der Waals surface area contributed by atoms with Crippen LogP contribution in [-0.4, -0.2) is 5.33 Å². The molecule has 0 heterocycles.